The zero-order valence-electron chi connectivity index (χ0n) is 8.82. The van der Waals surface area contributed by atoms with Crippen LogP contribution in [0.2, 0.25) is 0 Å². The maximum absolute atomic E-state index is 12.9. The van der Waals surface area contributed by atoms with Gasteiger partial charge >= 0.3 is 0 Å². The smallest absolute Gasteiger partial charge is 0.214 e. The van der Waals surface area contributed by atoms with Crippen molar-refractivity contribution in [1.29, 1.82) is 0 Å². The van der Waals surface area contributed by atoms with E-state index in [1.807, 2.05) is 11.9 Å². The van der Waals surface area contributed by atoms with Gasteiger partial charge in [0, 0.05) is 38.1 Å². The molecule has 1 aromatic rings. The first-order valence-corrected chi connectivity index (χ1v) is 5.20. The van der Waals surface area contributed by atoms with Crippen LogP contribution in [0, 0.1) is 5.95 Å². The first-order valence-electron chi connectivity index (χ1n) is 5.20. The number of nitrogens with zero attached hydrogens (tertiary/aromatic N) is 2. The van der Waals surface area contributed by atoms with Crippen LogP contribution in [0.4, 0.5) is 10.1 Å². The lowest BCUT2D eigenvalue weighted by Crippen LogP contribution is -2.28. The van der Waals surface area contributed by atoms with E-state index in [0.29, 0.717) is 0 Å². The predicted octanol–water partition coefficient (Wildman–Crippen LogP) is 1.84. The molecule has 0 spiro atoms. The molecule has 1 aliphatic heterocycles. The van der Waals surface area contributed by atoms with Crippen LogP contribution < -0.4 is 4.90 Å². The fourth-order valence-corrected chi connectivity index (χ4v) is 1.83. The lowest BCUT2D eigenvalue weighted by atomic mass is 10.2. The molecule has 1 saturated heterocycles. The molecule has 1 atom stereocenters. The molecule has 82 valence electrons. The van der Waals surface area contributed by atoms with E-state index in [0.717, 1.165) is 31.7 Å². The maximum atomic E-state index is 12.9. The number of hydrogen-bond donors (Lipinski definition) is 0. The van der Waals surface area contributed by atoms with Gasteiger partial charge in [0.2, 0.25) is 5.95 Å². The predicted molar refractivity (Wildman–Crippen MR) is 56.4 cm³/mol. The van der Waals surface area contributed by atoms with Gasteiger partial charge in [-0.15, -0.1) is 0 Å². The highest BCUT2D eigenvalue weighted by molar-refractivity contribution is 5.44. The Morgan fingerprint density at radius 2 is 2.53 bits per heavy atom. The standard InChI is InChI=1S/C11H15FN2O/c1-14(8-10-3-2-6-15-10)9-4-5-13-11(12)7-9/h4-5,7,10H,2-3,6,8H2,1H3. The summed E-state index contributed by atoms with van der Waals surface area (Å²) < 4.78 is 18.4. The summed E-state index contributed by atoms with van der Waals surface area (Å²) in [4.78, 5) is 5.53. The molecule has 1 fully saturated rings. The number of aromatic nitrogens is 1. The van der Waals surface area contributed by atoms with Gasteiger partial charge in [-0.05, 0) is 18.9 Å². The molecule has 1 aliphatic rings. The van der Waals surface area contributed by atoms with E-state index in [1.165, 1.54) is 12.3 Å². The molecule has 0 bridgehead atoms. The van der Waals surface area contributed by atoms with E-state index in [2.05, 4.69) is 4.98 Å². The Morgan fingerprint density at radius 1 is 1.67 bits per heavy atom. The summed E-state index contributed by atoms with van der Waals surface area (Å²) in [5.74, 6) is -0.438. The van der Waals surface area contributed by atoms with Crippen molar-refractivity contribution in [3.05, 3.63) is 24.3 Å². The summed E-state index contributed by atoms with van der Waals surface area (Å²) in [5, 5.41) is 0. The van der Waals surface area contributed by atoms with Crippen LogP contribution in [-0.4, -0.2) is 31.3 Å². The topological polar surface area (TPSA) is 25.4 Å². The van der Waals surface area contributed by atoms with Gasteiger partial charge < -0.3 is 9.64 Å². The van der Waals surface area contributed by atoms with Crippen molar-refractivity contribution in [2.75, 3.05) is 25.1 Å². The summed E-state index contributed by atoms with van der Waals surface area (Å²) in [6, 6.07) is 3.24. The molecule has 1 aromatic heterocycles. The van der Waals surface area contributed by atoms with Gasteiger partial charge in [0.05, 0.1) is 6.10 Å². The van der Waals surface area contributed by atoms with E-state index >= 15 is 0 Å². The average Bonchev–Trinajstić information content (AvgIpc) is 2.70. The van der Waals surface area contributed by atoms with Crippen LogP contribution in [0.15, 0.2) is 18.3 Å². The van der Waals surface area contributed by atoms with Gasteiger partial charge in [-0.2, -0.15) is 4.39 Å². The van der Waals surface area contributed by atoms with Gasteiger partial charge in [-0.1, -0.05) is 0 Å². The minimum atomic E-state index is -0.438. The quantitative estimate of drug-likeness (QED) is 0.712. The van der Waals surface area contributed by atoms with Crippen molar-refractivity contribution in [3.8, 4) is 0 Å². The Bertz CT molecular complexity index is 326. The number of ether oxygens (including phenoxy) is 1. The van der Waals surface area contributed by atoms with Crippen LogP contribution in [0.25, 0.3) is 0 Å². The molecule has 1 unspecified atom stereocenters. The largest absolute Gasteiger partial charge is 0.376 e. The van der Waals surface area contributed by atoms with Crippen molar-refractivity contribution < 1.29 is 9.13 Å². The van der Waals surface area contributed by atoms with E-state index in [1.54, 1.807) is 6.07 Å². The van der Waals surface area contributed by atoms with Crippen LogP contribution in [0.3, 0.4) is 0 Å². The number of rotatable bonds is 3. The fraction of sp³-hybridized carbons (Fsp3) is 0.545. The second-order valence-electron chi connectivity index (χ2n) is 3.85. The molecule has 0 N–H and O–H groups in total. The summed E-state index contributed by atoms with van der Waals surface area (Å²) in [7, 11) is 1.94. The molecule has 0 amide bonds. The highest BCUT2D eigenvalue weighted by Crippen LogP contribution is 2.17. The molecule has 2 heterocycles. The van der Waals surface area contributed by atoms with E-state index < -0.39 is 5.95 Å². The lowest BCUT2D eigenvalue weighted by Gasteiger charge is -2.22. The van der Waals surface area contributed by atoms with Gasteiger partial charge in [0.1, 0.15) is 0 Å². The molecule has 4 heteroatoms. The number of likely N-dealkylation sites (N-methyl/N-ethyl adjacent to an activating group) is 1. The van der Waals surface area contributed by atoms with E-state index in [4.69, 9.17) is 4.74 Å². The molecule has 0 radical (unpaired) electrons. The van der Waals surface area contributed by atoms with Crippen LogP contribution >= 0.6 is 0 Å². The van der Waals surface area contributed by atoms with Gasteiger partial charge in [-0.25, -0.2) is 4.98 Å². The third-order valence-electron chi connectivity index (χ3n) is 2.65. The van der Waals surface area contributed by atoms with Crippen LogP contribution in [0.1, 0.15) is 12.8 Å². The zero-order valence-corrected chi connectivity index (χ0v) is 8.82. The zero-order chi connectivity index (χ0) is 10.7. The molecule has 2 rings (SSSR count). The summed E-state index contributed by atoms with van der Waals surface area (Å²) in [6.07, 6.45) is 3.99. The number of hydrogen-bond acceptors (Lipinski definition) is 3. The monoisotopic (exact) mass is 210 g/mol. The Hall–Kier alpha value is -1.16. The Kier molecular flexibility index (Phi) is 3.16. The third-order valence-corrected chi connectivity index (χ3v) is 2.65. The van der Waals surface area contributed by atoms with Crippen LogP contribution in [-0.2, 0) is 4.74 Å². The minimum absolute atomic E-state index is 0.284. The van der Waals surface area contributed by atoms with E-state index in [9.17, 15) is 4.39 Å². The first-order chi connectivity index (χ1) is 7.25. The van der Waals surface area contributed by atoms with Crippen molar-refractivity contribution >= 4 is 5.69 Å². The number of halogens is 1. The Morgan fingerprint density at radius 3 is 3.20 bits per heavy atom. The molecule has 0 aliphatic carbocycles. The van der Waals surface area contributed by atoms with Crippen LogP contribution in [0.5, 0.6) is 0 Å². The van der Waals surface area contributed by atoms with Crippen molar-refractivity contribution in [1.82, 2.24) is 4.98 Å². The van der Waals surface area contributed by atoms with Gasteiger partial charge in [-0.3, -0.25) is 0 Å². The van der Waals surface area contributed by atoms with Crippen molar-refractivity contribution in [3.63, 3.8) is 0 Å². The lowest BCUT2D eigenvalue weighted by molar-refractivity contribution is 0.116. The maximum Gasteiger partial charge on any atom is 0.214 e. The highest BCUT2D eigenvalue weighted by Gasteiger charge is 2.17. The van der Waals surface area contributed by atoms with Crippen molar-refractivity contribution in [2.45, 2.75) is 18.9 Å². The summed E-state index contributed by atoms with van der Waals surface area (Å²) in [5.41, 5.74) is 0.845. The number of anilines is 1. The third kappa shape index (κ3) is 2.65. The normalized spacial score (nSPS) is 20.5. The summed E-state index contributed by atoms with van der Waals surface area (Å²) >= 11 is 0. The molecule has 0 aromatic carbocycles. The SMILES string of the molecule is CN(CC1CCCO1)c1ccnc(F)c1. The summed E-state index contributed by atoms with van der Waals surface area (Å²) in [6.45, 7) is 1.66. The molecule has 15 heavy (non-hydrogen) atoms. The van der Waals surface area contributed by atoms with Gasteiger partial charge in [0.25, 0.3) is 0 Å². The van der Waals surface area contributed by atoms with Crippen molar-refractivity contribution in [2.24, 2.45) is 0 Å². The Labute approximate surface area is 88.9 Å². The molecule has 0 saturated carbocycles. The molecular weight excluding hydrogens is 195 g/mol. The fourth-order valence-electron chi connectivity index (χ4n) is 1.83. The number of pyridine rings is 1. The molecule has 3 nitrogen and oxygen atoms in total. The first kappa shape index (κ1) is 10.4. The second kappa shape index (κ2) is 4.57. The van der Waals surface area contributed by atoms with Gasteiger partial charge in [0.15, 0.2) is 0 Å². The Balaban J connectivity index is 1.97. The van der Waals surface area contributed by atoms with E-state index in [-0.39, 0.29) is 6.10 Å². The average molecular weight is 210 g/mol. The highest BCUT2D eigenvalue weighted by atomic mass is 19.1. The minimum Gasteiger partial charge on any atom is -0.376 e. The second-order valence-corrected chi connectivity index (χ2v) is 3.85. The molecular formula is C11H15FN2O.